The molecule has 1 heterocycles. The van der Waals surface area contributed by atoms with Gasteiger partial charge in [0.25, 0.3) is 0 Å². The number of benzene rings is 1. The first kappa shape index (κ1) is 15.2. The molecule has 4 nitrogen and oxygen atoms in total. The molecule has 2 rings (SSSR count). The van der Waals surface area contributed by atoms with Crippen molar-refractivity contribution in [3.05, 3.63) is 35.1 Å². The van der Waals surface area contributed by atoms with E-state index in [2.05, 4.69) is 27.0 Å². The Bertz CT molecular complexity index is 582. The molecule has 0 spiro atoms. The summed E-state index contributed by atoms with van der Waals surface area (Å²) in [5.74, 6) is 1.98. The fourth-order valence-electron chi connectivity index (χ4n) is 1.74. The maximum atomic E-state index is 5.37. The van der Waals surface area contributed by atoms with Crippen LogP contribution in [0.5, 0.6) is 17.2 Å². The van der Waals surface area contributed by atoms with Crippen molar-refractivity contribution >= 4 is 40.4 Å². The van der Waals surface area contributed by atoms with Gasteiger partial charge in [-0.3, -0.25) is 0 Å². The molecule has 2 aromatic rings. The molecule has 1 aromatic heterocycles. The van der Waals surface area contributed by atoms with Crippen LogP contribution in [0.2, 0.25) is 0 Å². The first-order chi connectivity index (χ1) is 9.67. The molecular weight excluding hydrogens is 385 g/mol. The van der Waals surface area contributed by atoms with E-state index in [0.717, 1.165) is 8.82 Å². The zero-order valence-electron chi connectivity index (χ0n) is 11.4. The van der Waals surface area contributed by atoms with Crippen LogP contribution in [0, 0.1) is 0 Å². The van der Waals surface area contributed by atoms with Crippen molar-refractivity contribution in [2.24, 2.45) is 0 Å². The van der Waals surface area contributed by atoms with Gasteiger partial charge in [0.15, 0.2) is 0 Å². The van der Waals surface area contributed by atoms with Crippen LogP contribution >= 0.6 is 15.9 Å². The van der Waals surface area contributed by atoms with Crippen molar-refractivity contribution in [3.63, 3.8) is 0 Å². The van der Waals surface area contributed by atoms with E-state index < -0.39 is 0 Å². The summed E-state index contributed by atoms with van der Waals surface area (Å²) in [7, 11) is 4.85. The summed E-state index contributed by atoms with van der Waals surface area (Å²) >= 11 is 3.24. The molecule has 0 unspecified atom stereocenters. The Kier molecular flexibility index (Phi) is 5.32. The number of rotatable bonds is 5. The molecule has 0 saturated carbocycles. The number of nitrogens with zero attached hydrogens (tertiary/aromatic N) is 1. The SMILES string of the molecule is COc1cc([As]c2cncc(Br)c2)cc(OC)c1OC. The maximum absolute atomic E-state index is 5.37. The topological polar surface area (TPSA) is 40.6 Å². The van der Waals surface area contributed by atoms with Gasteiger partial charge in [-0.2, -0.15) is 0 Å². The molecule has 1 aromatic carbocycles. The number of aromatic nitrogens is 1. The predicted molar refractivity (Wildman–Crippen MR) is 83.1 cm³/mol. The van der Waals surface area contributed by atoms with Gasteiger partial charge in [0.05, 0.1) is 0 Å². The van der Waals surface area contributed by atoms with Crippen molar-refractivity contribution in [2.75, 3.05) is 21.3 Å². The first-order valence-corrected chi connectivity index (χ1v) is 8.47. The summed E-state index contributed by atoms with van der Waals surface area (Å²) in [4.78, 5) is 4.19. The molecule has 0 fully saturated rings. The molecule has 105 valence electrons. The van der Waals surface area contributed by atoms with E-state index in [9.17, 15) is 0 Å². The number of methoxy groups -OCH3 is 3. The number of ether oxygens (including phenoxy) is 3. The van der Waals surface area contributed by atoms with Crippen LogP contribution in [0.25, 0.3) is 0 Å². The van der Waals surface area contributed by atoms with Gasteiger partial charge in [-0.25, -0.2) is 0 Å². The van der Waals surface area contributed by atoms with Crippen LogP contribution < -0.4 is 22.9 Å². The van der Waals surface area contributed by atoms with Crippen molar-refractivity contribution in [2.45, 2.75) is 0 Å². The van der Waals surface area contributed by atoms with Crippen LogP contribution in [0.3, 0.4) is 0 Å². The molecule has 6 heteroatoms. The Morgan fingerprint density at radius 1 is 0.900 bits per heavy atom. The van der Waals surface area contributed by atoms with E-state index in [0.29, 0.717) is 17.2 Å². The second-order valence-corrected chi connectivity index (χ2v) is 7.41. The first-order valence-electron chi connectivity index (χ1n) is 5.80. The third kappa shape index (κ3) is 3.47. The summed E-state index contributed by atoms with van der Waals surface area (Å²) in [6.45, 7) is 0. The molecule has 0 saturated heterocycles. The van der Waals surface area contributed by atoms with E-state index in [4.69, 9.17) is 14.2 Å². The Morgan fingerprint density at radius 2 is 1.55 bits per heavy atom. The summed E-state index contributed by atoms with van der Waals surface area (Å²) in [5, 5.41) is 0. The molecule has 0 aliphatic rings. The van der Waals surface area contributed by atoms with E-state index in [1.54, 1.807) is 27.5 Å². The van der Waals surface area contributed by atoms with Crippen molar-refractivity contribution in [3.8, 4) is 17.2 Å². The zero-order chi connectivity index (χ0) is 14.5. The number of pyridine rings is 1. The van der Waals surface area contributed by atoms with Gasteiger partial charge in [0.1, 0.15) is 0 Å². The molecule has 0 aliphatic carbocycles. The zero-order valence-corrected chi connectivity index (χ0v) is 14.8. The summed E-state index contributed by atoms with van der Waals surface area (Å²) in [5.41, 5.74) is 0. The fourth-order valence-corrected chi connectivity index (χ4v) is 4.57. The minimum absolute atomic E-state index is 0.198. The second-order valence-electron chi connectivity index (χ2n) is 3.86. The number of hydrogen-bond acceptors (Lipinski definition) is 4. The van der Waals surface area contributed by atoms with Gasteiger partial charge in [-0.05, 0) is 0 Å². The molecule has 0 bridgehead atoms. The van der Waals surface area contributed by atoms with Crippen molar-refractivity contribution in [1.82, 2.24) is 4.98 Å². The van der Waals surface area contributed by atoms with Crippen molar-refractivity contribution < 1.29 is 14.2 Å². The third-order valence-electron chi connectivity index (χ3n) is 2.60. The van der Waals surface area contributed by atoms with Gasteiger partial charge in [0, 0.05) is 0 Å². The van der Waals surface area contributed by atoms with Gasteiger partial charge in [0.2, 0.25) is 0 Å². The predicted octanol–water partition coefficient (Wildman–Crippen LogP) is 1.52. The number of hydrogen-bond donors (Lipinski definition) is 0. The number of halogens is 1. The molecule has 20 heavy (non-hydrogen) atoms. The van der Waals surface area contributed by atoms with Crippen LogP contribution in [0.4, 0.5) is 0 Å². The molecule has 0 aliphatic heterocycles. The monoisotopic (exact) mass is 398 g/mol. The van der Waals surface area contributed by atoms with Gasteiger partial charge < -0.3 is 0 Å². The average molecular weight is 399 g/mol. The Hall–Kier alpha value is -1.19. The quantitative estimate of drug-likeness (QED) is 0.716. The molecule has 0 atom stereocenters. The average Bonchev–Trinajstić information content (AvgIpc) is 2.46. The van der Waals surface area contributed by atoms with Gasteiger partial charge >= 0.3 is 133 Å². The normalized spacial score (nSPS) is 10.8. The minimum atomic E-state index is -0.198. The van der Waals surface area contributed by atoms with Gasteiger partial charge in [-0.1, -0.05) is 0 Å². The van der Waals surface area contributed by atoms with E-state index in [1.165, 1.54) is 4.35 Å². The van der Waals surface area contributed by atoms with Gasteiger partial charge in [-0.15, -0.1) is 0 Å². The summed E-state index contributed by atoms with van der Waals surface area (Å²) < 4.78 is 19.4. The van der Waals surface area contributed by atoms with Crippen LogP contribution in [0.15, 0.2) is 35.1 Å². The summed E-state index contributed by atoms with van der Waals surface area (Å²) in [6.07, 6.45) is 3.66. The Balaban J connectivity index is 2.37. The molecular formula is C14H14AsBrNO3. The van der Waals surface area contributed by atoms with E-state index in [1.807, 2.05) is 18.3 Å². The Labute approximate surface area is 133 Å². The Morgan fingerprint density at radius 3 is 2.05 bits per heavy atom. The van der Waals surface area contributed by atoms with Crippen LogP contribution in [-0.2, 0) is 0 Å². The van der Waals surface area contributed by atoms with E-state index in [-0.39, 0.29) is 15.8 Å². The second kappa shape index (κ2) is 7.00. The molecule has 0 amide bonds. The molecule has 1 radical (unpaired) electrons. The fraction of sp³-hybridized carbons (Fsp3) is 0.214. The standard InChI is InChI=1S/C14H14AsBrNO3/c1-18-12-5-9(6-13(19-2)14(12)20-3)15-10-4-11(16)8-17-7-10/h4-8H,1-3H3. The molecule has 0 N–H and O–H groups in total. The summed E-state index contributed by atoms with van der Waals surface area (Å²) in [6, 6.07) is 6.06. The van der Waals surface area contributed by atoms with Crippen LogP contribution in [-0.4, -0.2) is 42.1 Å². The third-order valence-corrected chi connectivity index (χ3v) is 5.17. The van der Waals surface area contributed by atoms with E-state index >= 15 is 0 Å². The van der Waals surface area contributed by atoms with Crippen molar-refractivity contribution in [1.29, 1.82) is 0 Å². The van der Waals surface area contributed by atoms with Crippen LogP contribution in [0.1, 0.15) is 0 Å².